The summed E-state index contributed by atoms with van der Waals surface area (Å²) in [6.45, 7) is 1.31. The normalized spacial score (nSPS) is 10.9. The zero-order valence-corrected chi connectivity index (χ0v) is 13.6. The molecule has 0 amide bonds. The van der Waals surface area contributed by atoms with Crippen LogP contribution in [-0.4, -0.2) is 26.3 Å². The molecule has 5 nitrogen and oxygen atoms in total. The molecule has 24 heavy (non-hydrogen) atoms. The van der Waals surface area contributed by atoms with Crippen LogP contribution in [0.2, 0.25) is 0 Å². The van der Waals surface area contributed by atoms with E-state index >= 15 is 0 Å². The molecule has 0 spiro atoms. The monoisotopic (exact) mass is 325 g/mol. The van der Waals surface area contributed by atoms with Crippen LogP contribution in [0.25, 0.3) is 11.1 Å². The maximum Gasteiger partial charge on any atom is 0.150 e. The van der Waals surface area contributed by atoms with E-state index in [4.69, 9.17) is 0 Å². The highest BCUT2D eigenvalue weighted by molar-refractivity contribution is 5.63. The van der Waals surface area contributed by atoms with Crippen molar-refractivity contribution < 1.29 is 4.39 Å². The molecule has 1 N–H and O–H groups in total. The lowest BCUT2D eigenvalue weighted by Gasteiger charge is -2.08. The third-order valence-electron chi connectivity index (χ3n) is 3.78. The summed E-state index contributed by atoms with van der Waals surface area (Å²) in [6.07, 6.45) is 6.85. The third-order valence-corrected chi connectivity index (χ3v) is 3.78. The van der Waals surface area contributed by atoms with E-state index in [-0.39, 0.29) is 5.82 Å². The lowest BCUT2D eigenvalue weighted by atomic mass is 10.0. The molecule has 0 unspecified atom stereocenters. The molecule has 0 saturated heterocycles. The quantitative estimate of drug-likeness (QED) is 0.679. The number of nitrogens with zero attached hydrogens (tertiary/aromatic N) is 4. The zero-order valence-electron chi connectivity index (χ0n) is 13.6. The summed E-state index contributed by atoms with van der Waals surface area (Å²) in [6, 6.07) is 9.09. The number of nitrogens with one attached hydrogen (secondary N) is 1. The van der Waals surface area contributed by atoms with Crippen molar-refractivity contribution in [2.45, 2.75) is 19.4 Å². The molecule has 0 atom stereocenters. The molecule has 6 heteroatoms. The Morgan fingerprint density at radius 3 is 2.67 bits per heavy atom. The van der Waals surface area contributed by atoms with Crippen molar-refractivity contribution in [3.8, 4) is 11.1 Å². The molecular weight excluding hydrogens is 305 g/mol. The summed E-state index contributed by atoms with van der Waals surface area (Å²) in [5.74, 6) is 0.649. The Morgan fingerprint density at radius 2 is 1.96 bits per heavy atom. The van der Waals surface area contributed by atoms with E-state index in [0.717, 1.165) is 36.3 Å². The maximum atomic E-state index is 14.2. The van der Waals surface area contributed by atoms with Gasteiger partial charge in [-0.1, -0.05) is 12.1 Å². The number of rotatable bonds is 7. The maximum absolute atomic E-state index is 14.2. The standard InChI is InChI=1S/C18H20FN5/c1-24-13-22-18(23-24)3-2-8-21-12-16-5-4-15(11-17(16)19)14-6-9-20-10-7-14/h4-7,9-11,13,21H,2-3,8,12H2,1H3. The molecule has 2 heterocycles. The summed E-state index contributed by atoms with van der Waals surface area (Å²) >= 11 is 0. The van der Waals surface area contributed by atoms with Crippen molar-refractivity contribution in [1.29, 1.82) is 0 Å². The molecule has 2 aromatic heterocycles. The van der Waals surface area contributed by atoms with Crippen molar-refractivity contribution >= 4 is 0 Å². The number of benzene rings is 1. The summed E-state index contributed by atoms with van der Waals surface area (Å²) in [4.78, 5) is 8.16. The number of aryl methyl sites for hydroxylation is 2. The Bertz CT molecular complexity index is 785. The van der Waals surface area contributed by atoms with Crippen LogP contribution < -0.4 is 5.32 Å². The fourth-order valence-electron chi connectivity index (χ4n) is 2.51. The Kier molecular flexibility index (Phi) is 5.28. The van der Waals surface area contributed by atoms with Crippen molar-refractivity contribution in [2.24, 2.45) is 7.05 Å². The summed E-state index contributed by atoms with van der Waals surface area (Å²) in [7, 11) is 1.85. The minimum Gasteiger partial charge on any atom is -0.313 e. The lowest BCUT2D eigenvalue weighted by Crippen LogP contribution is -2.16. The Hall–Kier alpha value is -2.60. The van der Waals surface area contributed by atoms with E-state index < -0.39 is 0 Å². The van der Waals surface area contributed by atoms with Gasteiger partial charge in [-0.15, -0.1) is 0 Å². The Morgan fingerprint density at radius 1 is 1.12 bits per heavy atom. The van der Waals surface area contributed by atoms with Crippen molar-refractivity contribution in [3.63, 3.8) is 0 Å². The van der Waals surface area contributed by atoms with Gasteiger partial charge in [-0.25, -0.2) is 9.37 Å². The van der Waals surface area contributed by atoms with E-state index in [1.165, 1.54) is 0 Å². The molecule has 124 valence electrons. The first-order valence-electron chi connectivity index (χ1n) is 7.96. The van der Waals surface area contributed by atoms with E-state index in [1.54, 1.807) is 29.5 Å². The van der Waals surface area contributed by atoms with Crippen LogP contribution in [0.5, 0.6) is 0 Å². The van der Waals surface area contributed by atoms with E-state index in [0.29, 0.717) is 12.1 Å². The zero-order chi connectivity index (χ0) is 16.8. The average molecular weight is 325 g/mol. The van der Waals surface area contributed by atoms with Crippen molar-refractivity contribution in [2.75, 3.05) is 6.54 Å². The molecule has 0 radical (unpaired) electrons. The number of hydrogen-bond acceptors (Lipinski definition) is 4. The molecule has 0 aliphatic carbocycles. The largest absolute Gasteiger partial charge is 0.313 e. The van der Waals surface area contributed by atoms with Gasteiger partial charge in [0.2, 0.25) is 0 Å². The van der Waals surface area contributed by atoms with Crippen LogP contribution in [-0.2, 0) is 20.0 Å². The molecule has 3 rings (SSSR count). The minimum absolute atomic E-state index is 0.191. The van der Waals surface area contributed by atoms with Gasteiger partial charge >= 0.3 is 0 Å². The summed E-state index contributed by atoms with van der Waals surface area (Å²) in [5.41, 5.74) is 2.50. The van der Waals surface area contributed by atoms with Crippen LogP contribution in [0.1, 0.15) is 17.8 Å². The molecule has 0 saturated carbocycles. The number of hydrogen-bond donors (Lipinski definition) is 1. The highest BCUT2D eigenvalue weighted by Crippen LogP contribution is 2.21. The minimum atomic E-state index is -0.191. The smallest absolute Gasteiger partial charge is 0.150 e. The van der Waals surface area contributed by atoms with Crippen molar-refractivity contribution in [3.05, 3.63) is 66.3 Å². The van der Waals surface area contributed by atoms with Crippen LogP contribution in [0.3, 0.4) is 0 Å². The lowest BCUT2D eigenvalue weighted by molar-refractivity contribution is 0.579. The van der Waals surface area contributed by atoms with Gasteiger partial charge in [0, 0.05) is 38.0 Å². The van der Waals surface area contributed by atoms with Crippen LogP contribution >= 0.6 is 0 Å². The first kappa shape index (κ1) is 16.3. The predicted octanol–water partition coefficient (Wildman–Crippen LogP) is 2.74. The number of aromatic nitrogens is 4. The van der Waals surface area contributed by atoms with Crippen LogP contribution in [0.15, 0.2) is 49.1 Å². The number of halogens is 1. The fraction of sp³-hybridized carbons (Fsp3) is 0.278. The first-order chi connectivity index (χ1) is 11.7. The first-order valence-corrected chi connectivity index (χ1v) is 7.96. The SMILES string of the molecule is Cn1cnc(CCCNCc2ccc(-c3ccncc3)cc2F)n1. The second-order valence-electron chi connectivity index (χ2n) is 5.66. The molecule has 0 bridgehead atoms. The van der Waals surface area contributed by atoms with Gasteiger partial charge < -0.3 is 5.32 Å². The van der Waals surface area contributed by atoms with Gasteiger partial charge in [-0.05, 0) is 42.3 Å². The highest BCUT2D eigenvalue weighted by atomic mass is 19.1. The molecule has 0 fully saturated rings. The van der Waals surface area contributed by atoms with Gasteiger partial charge in [-0.2, -0.15) is 5.10 Å². The highest BCUT2D eigenvalue weighted by Gasteiger charge is 2.05. The van der Waals surface area contributed by atoms with Crippen LogP contribution in [0, 0.1) is 5.82 Å². The third kappa shape index (κ3) is 4.23. The average Bonchev–Trinajstić information content (AvgIpc) is 3.02. The van der Waals surface area contributed by atoms with Gasteiger partial charge in [0.1, 0.15) is 12.1 Å². The van der Waals surface area contributed by atoms with E-state index in [9.17, 15) is 4.39 Å². The van der Waals surface area contributed by atoms with E-state index in [1.807, 2.05) is 31.3 Å². The molecule has 3 aromatic rings. The van der Waals surface area contributed by atoms with Gasteiger partial charge in [0.25, 0.3) is 0 Å². The van der Waals surface area contributed by atoms with Gasteiger partial charge in [-0.3, -0.25) is 9.67 Å². The second kappa shape index (κ2) is 7.79. The molecule has 0 aliphatic heterocycles. The van der Waals surface area contributed by atoms with E-state index in [2.05, 4.69) is 20.4 Å². The topological polar surface area (TPSA) is 55.6 Å². The summed E-state index contributed by atoms with van der Waals surface area (Å²) < 4.78 is 15.9. The molecule has 0 aliphatic rings. The van der Waals surface area contributed by atoms with Crippen molar-refractivity contribution in [1.82, 2.24) is 25.1 Å². The summed E-state index contributed by atoms with van der Waals surface area (Å²) in [5, 5.41) is 7.50. The Labute approximate surface area is 140 Å². The van der Waals surface area contributed by atoms with Crippen LogP contribution in [0.4, 0.5) is 4.39 Å². The number of pyridine rings is 1. The molecule has 1 aromatic carbocycles. The van der Waals surface area contributed by atoms with Gasteiger partial charge in [0.05, 0.1) is 0 Å². The second-order valence-corrected chi connectivity index (χ2v) is 5.66. The predicted molar refractivity (Wildman–Crippen MR) is 90.7 cm³/mol. The van der Waals surface area contributed by atoms with Gasteiger partial charge in [0.15, 0.2) is 5.82 Å². The molecular formula is C18H20FN5. The Balaban J connectivity index is 1.49. The fourth-order valence-corrected chi connectivity index (χ4v) is 2.51.